The monoisotopic (exact) mass is 772 g/mol. The largest absolute Gasteiger partial charge is 0.493 e. The first-order chi connectivity index (χ1) is 23.9. The quantitative estimate of drug-likeness (QED) is 0.161. The lowest BCUT2D eigenvalue weighted by molar-refractivity contribution is -0.151. The first kappa shape index (κ1) is 44.0. The van der Waals surface area contributed by atoms with Crippen LogP contribution in [0.5, 0.6) is 0 Å². The molecule has 0 unspecified atom stereocenters. The van der Waals surface area contributed by atoms with Crippen molar-refractivity contribution in [1.29, 1.82) is 0 Å². The Labute approximate surface area is 315 Å². The molecule has 0 saturated carbocycles. The van der Waals surface area contributed by atoms with Crippen molar-refractivity contribution in [3.05, 3.63) is 69.2 Å². The van der Waals surface area contributed by atoms with Crippen LogP contribution in [0.1, 0.15) is 68.2 Å². The van der Waals surface area contributed by atoms with Crippen molar-refractivity contribution in [2.24, 2.45) is 23.7 Å². The molecule has 4 rings (SSSR count). The van der Waals surface area contributed by atoms with Crippen LogP contribution in [0.25, 0.3) is 0 Å². The minimum absolute atomic E-state index is 0.0301. The van der Waals surface area contributed by atoms with Gasteiger partial charge in [-0.05, 0) is 87.1 Å². The highest BCUT2D eigenvalue weighted by molar-refractivity contribution is 6.45. The summed E-state index contributed by atoms with van der Waals surface area (Å²) in [5, 5.41) is 82.0. The van der Waals surface area contributed by atoms with Gasteiger partial charge in [0.1, 0.15) is 34.9 Å². The zero-order chi connectivity index (χ0) is 39.7. The molecule has 14 heteroatoms. The lowest BCUT2D eigenvalue weighted by Crippen LogP contribution is -2.55. The molecule has 0 aromatic rings. The summed E-state index contributed by atoms with van der Waals surface area (Å²) in [6.45, 7) is 13.1. The highest BCUT2D eigenvalue weighted by Gasteiger charge is 2.52. The molecule has 2 heterocycles. The van der Waals surface area contributed by atoms with E-state index in [1.165, 1.54) is 64.2 Å². The Hall–Kier alpha value is -2.36. The van der Waals surface area contributed by atoms with Gasteiger partial charge in [-0.2, -0.15) is 0 Å². The molecule has 292 valence electrons. The maximum Gasteiger partial charge on any atom is 0.208 e. The van der Waals surface area contributed by atoms with Gasteiger partial charge in [0.05, 0.1) is 35.5 Å². The van der Waals surface area contributed by atoms with Gasteiger partial charge in [-0.3, -0.25) is 9.59 Å². The molecule has 0 bridgehead atoms. The number of hydrogen-bond donors (Lipinski definition) is 8. The molecule has 0 spiro atoms. The van der Waals surface area contributed by atoms with E-state index < -0.39 is 70.2 Å². The Morgan fingerprint density at radius 2 is 1.08 bits per heavy atom. The van der Waals surface area contributed by atoms with Gasteiger partial charge in [0.2, 0.25) is 11.6 Å². The second-order valence-corrected chi connectivity index (χ2v) is 15.8. The summed E-state index contributed by atoms with van der Waals surface area (Å²) in [4.78, 5) is 24.3. The van der Waals surface area contributed by atoms with Gasteiger partial charge in [-0.15, -0.1) is 0 Å². The Kier molecular flexibility index (Phi) is 14.0. The molecule has 0 aromatic carbocycles. The van der Waals surface area contributed by atoms with Crippen molar-refractivity contribution in [3.8, 4) is 0 Å². The zero-order valence-corrected chi connectivity index (χ0v) is 32.4. The summed E-state index contributed by atoms with van der Waals surface area (Å²) < 4.78 is 11.1. The number of rotatable bonds is 10. The molecule has 12 nitrogen and oxygen atoms in total. The molecular weight excluding hydrogens is 719 g/mol. The molecule has 0 saturated heterocycles. The van der Waals surface area contributed by atoms with Crippen LogP contribution in [-0.4, -0.2) is 112 Å². The summed E-state index contributed by atoms with van der Waals surface area (Å²) in [6.07, 6.45) is 5.77. The summed E-state index contributed by atoms with van der Waals surface area (Å²) in [6, 6.07) is 0. The van der Waals surface area contributed by atoms with Crippen LogP contribution in [-0.2, 0) is 19.1 Å². The minimum Gasteiger partial charge on any atom is -0.493 e. The van der Waals surface area contributed by atoms with Gasteiger partial charge >= 0.3 is 0 Å². The molecule has 0 aromatic heterocycles. The number of aliphatic hydroxyl groups is 8. The van der Waals surface area contributed by atoms with Crippen molar-refractivity contribution in [2.75, 3.05) is 13.2 Å². The second-order valence-electron chi connectivity index (χ2n) is 15.1. The van der Waals surface area contributed by atoms with Gasteiger partial charge in [0.25, 0.3) is 0 Å². The average Bonchev–Trinajstić information content (AvgIpc) is 3.11. The Balaban J connectivity index is 0.000000280. The van der Waals surface area contributed by atoms with Crippen LogP contribution >= 0.6 is 23.2 Å². The predicted octanol–water partition coefficient (Wildman–Crippen LogP) is 2.84. The van der Waals surface area contributed by atoms with Gasteiger partial charge in [-0.1, -0.05) is 63.7 Å². The third-order valence-electron chi connectivity index (χ3n) is 10.7. The fourth-order valence-electron chi connectivity index (χ4n) is 6.38. The number of carbonyl (C=O) groups excluding carboxylic acids is 2. The standard InChI is InChI=1S/2C19H27ClO6/c2*1-5-10(2)15(21)18(3,24)7-6-11-8-12-13(9-26-11)16(22)19(4,25)17(23)14(12)20/h2*6-8,10,13,15-16,21-22,24-25H,5,9H2,1-4H3/b2*7-6+/t2*10-,13-,15+,16+,18+,19+/m00/s1. The number of allylic oxidation sites excluding steroid dienone is 4. The smallest absolute Gasteiger partial charge is 0.208 e. The third-order valence-corrected chi connectivity index (χ3v) is 11.5. The van der Waals surface area contributed by atoms with Gasteiger partial charge in [-0.25, -0.2) is 0 Å². The van der Waals surface area contributed by atoms with Gasteiger partial charge in [0.15, 0.2) is 11.2 Å². The molecular formula is C38H54Cl2O12. The number of hydrogen-bond acceptors (Lipinski definition) is 12. The Bertz CT molecular complexity index is 1440. The fraction of sp³-hybridized carbons (Fsp3) is 0.632. The SMILES string of the molecule is CC[C@H](C)[C@@H](O)[C@](C)(O)/C=C/C1=CC2=C(Cl)C(=O)[C@](C)(O)[C@H](O)[C@H]2CO1.CC[C@H](C)[C@@H](O)[C@](C)(O)/C=C/C1=CC2=C(Cl)C(=O)[C@](C)(O)[C@H](O)[C@H]2CO1. The van der Waals surface area contributed by atoms with Crippen LogP contribution in [0.4, 0.5) is 0 Å². The van der Waals surface area contributed by atoms with Crippen molar-refractivity contribution in [3.63, 3.8) is 0 Å². The van der Waals surface area contributed by atoms with Crippen molar-refractivity contribution in [2.45, 2.75) is 115 Å². The molecule has 2 aliphatic carbocycles. The maximum absolute atomic E-state index is 12.2. The van der Waals surface area contributed by atoms with E-state index in [1.807, 2.05) is 27.7 Å². The Morgan fingerprint density at radius 1 is 0.769 bits per heavy atom. The van der Waals surface area contributed by atoms with Crippen LogP contribution in [0.2, 0.25) is 0 Å². The van der Waals surface area contributed by atoms with E-state index in [-0.39, 0.29) is 35.1 Å². The summed E-state index contributed by atoms with van der Waals surface area (Å²) in [5.74, 6) is -2.23. The third kappa shape index (κ3) is 8.94. The van der Waals surface area contributed by atoms with Crippen molar-refractivity contribution in [1.82, 2.24) is 0 Å². The highest BCUT2D eigenvalue weighted by atomic mass is 35.5. The molecule has 0 fully saturated rings. The predicted molar refractivity (Wildman–Crippen MR) is 195 cm³/mol. The second kappa shape index (κ2) is 16.6. The van der Waals surface area contributed by atoms with E-state index >= 15 is 0 Å². The number of aliphatic hydroxyl groups excluding tert-OH is 4. The van der Waals surface area contributed by atoms with E-state index in [2.05, 4.69) is 0 Å². The lowest BCUT2D eigenvalue weighted by atomic mass is 9.75. The molecule has 2 aliphatic heterocycles. The number of ketones is 2. The molecule has 0 radical (unpaired) electrons. The molecule has 8 N–H and O–H groups in total. The summed E-state index contributed by atoms with van der Waals surface area (Å²) in [5.41, 5.74) is -6.05. The van der Waals surface area contributed by atoms with Crippen molar-refractivity contribution >= 4 is 34.8 Å². The summed E-state index contributed by atoms with van der Waals surface area (Å²) in [7, 11) is 0. The highest BCUT2D eigenvalue weighted by Crippen LogP contribution is 2.42. The molecule has 0 amide bonds. The topological polar surface area (TPSA) is 214 Å². The van der Waals surface area contributed by atoms with Crippen LogP contribution in [0.15, 0.2) is 69.2 Å². The molecule has 12 atom stereocenters. The minimum atomic E-state index is -1.96. The van der Waals surface area contributed by atoms with E-state index in [0.717, 1.165) is 0 Å². The van der Waals surface area contributed by atoms with Crippen molar-refractivity contribution < 1.29 is 59.9 Å². The molecule has 4 aliphatic rings. The van der Waals surface area contributed by atoms with E-state index in [4.69, 9.17) is 32.7 Å². The van der Waals surface area contributed by atoms with E-state index in [1.54, 1.807) is 0 Å². The number of ether oxygens (including phenoxy) is 2. The first-order valence-electron chi connectivity index (χ1n) is 17.4. The average molecular weight is 774 g/mol. The fourth-order valence-corrected chi connectivity index (χ4v) is 7.15. The normalized spacial score (nSPS) is 34.0. The number of Topliss-reactive ketones (excluding diaryl/α,β-unsaturated/α-hetero) is 2. The Morgan fingerprint density at radius 3 is 1.37 bits per heavy atom. The van der Waals surface area contributed by atoms with Gasteiger partial charge in [0, 0.05) is 11.8 Å². The molecule has 52 heavy (non-hydrogen) atoms. The number of carbonyl (C=O) groups is 2. The van der Waals surface area contributed by atoms with Crippen LogP contribution in [0.3, 0.4) is 0 Å². The zero-order valence-electron chi connectivity index (χ0n) is 30.9. The van der Waals surface area contributed by atoms with Crippen LogP contribution < -0.4 is 0 Å². The first-order valence-corrected chi connectivity index (χ1v) is 18.2. The lowest BCUT2D eigenvalue weighted by Gasteiger charge is -2.40. The van der Waals surface area contributed by atoms with Gasteiger partial charge < -0.3 is 50.3 Å². The number of fused-ring (bicyclic) bond motifs is 2. The van der Waals surface area contributed by atoms with E-state index in [0.29, 0.717) is 35.5 Å². The summed E-state index contributed by atoms with van der Waals surface area (Å²) >= 11 is 12.2. The van der Waals surface area contributed by atoms with Crippen LogP contribution in [0, 0.1) is 23.7 Å². The number of halogens is 2. The van der Waals surface area contributed by atoms with E-state index in [9.17, 15) is 50.4 Å². The maximum atomic E-state index is 12.2.